The fraction of sp³-hybridized carbons (Fsp3) is 0.0714. The Bertz CT molecular complexity index is 604. The first-order valence-electron chi connectivity index (χ1n) is 5.37. The molecule has 0 aliphatic rings. The highest BCUT2D eigenvalue weighted by molar-refractivity contribution is 5.90. The van der Waals surface area contributed by atoms with Gasteiger partial charge < -0.3 is 9.90 Å². The highest BCUT2D eigenvalue weighted by Crippen LogP contribution is 2.34. The van der Waals surface area contributed by atoms with Crippen LogP contribution in [0.1, 0.15) is 15.9 Å². The zero-order valence-corrected chi connectivity index (χ0v) is 9.57. The molecule has 0 unspecified atom stereocenters. The van der Waals surface area contributed by atoms with Gasteiger partial charge in [-0.25, -0.2) is 0 Å². The van der Waals surface area contributed by atoms with Crippen LogP contribution in [0, 0.1) is 0 Å². The predicted molar refractivity (Wildman–Crippen MR) is 61.2 cm³/mol. The maximum Gasteiger partial charge on any atom is 0.417 e. The van der Waals surface area contributed by atoms with Crippen LogP contribution in [0.3, 0.4) is 0 Å². The number of hydrogen-bond acceptors (Lipinski definition) is 2. The van der Waals surface area contributed by atoms with E-state index < -0.39 is 23.3 Å². The summed E-state index contributed by atoms with van der Waals surface area (Å²) in [5.41, 5.74) is -1.02. The monoisotopic (exact) mass is 265 g/mol. The van der Waals surface area contributed by atoms with E-state index in [1.807, 2.05) is 0 Å². The van der Waals surface area contributed by atoms with Gasteiger partial charge in [-0.2, -0.15) is 13.2 Å². The van der Waals surface area contributed by atoms with Crippen molar-refractivity contribution in [3.63, 3.8) is 0 Å². The third-order valence-corrected chi connectivity index (χ3v) is 2.65. The number of benzene rings is 2. The molecule has 2 aromatic carbocycles. The van der Waals surface area contributed by atoms with Crippen LogP contribution in [0.4, 0.5) is 13.2 Å². The van der Waals surface area contributed by atoms with Crippen molar-refractivity contribution in [2.24, 2.45) is 0 Å². The van der Waals surface area contributed by atoms with E-state index in [0.29, 0.717) is 11.1 Å². The van der Waals surface area contributed by atoms with E-state index in [9.17, 15) is 23.1 Å². The molecule has 2 aromatic rings. The summed E-state index contributed by atoms with van der Waals surface area (Å²) in [5.74, 6) is -1.84. The van der Waals surface area contributed by atoms with Gasteiger partial charge in [0.1, 0.15) is 0 Å². The number of carbonyl (C=O) groups excluding carboxylic acids is 1. The number of aromatic carboxylic acids is 1. The maximum absolute atomic E-state index is 12.7. The van der Waals surface area contributed by atoms with Crippen LogP contribution in [0.15, 0.2) is 48.5 Å². The van der Waals surface area contributed by atoms with Crippen molar-refractivity contribution in [2.75, 3.05) is 0 Å². The van der Waals surface area contributed by atoms with Gasteiger partial charge in [0, 0.05) is 5.56 Å². The average molecular weight is 265 g/mol. The van der Waals surface area contributed by atoms with Gasteiger partial charge in [-0.3, -0.25) is 0 Å². The summed E-state index contributed by atoms with van der Waals surface area (Å²) in [5, 5.41) is 10.8. The molecule has 19 heavy (non-hydrogen) atoms. The molecule has 0 aromatic heterocycles. The lowest BCUT2D eigenvalue weighted by molar-refractivity contribution is -0.255. The number of carboxylic acids is 1. The van der Waals surface area contributed by atoms with Gasteiger partial charge in [-0.05, 0) is 23.3 Å². The van der Waals surface area contributed by atoms with Gasteiger partial charge >= 0.3 is 6.18 Å². The Balaban J connectivity index is 2.58. The number of carboxylic acid groups (broad SMARTS) is 1. The van der Waals surface area contributed by atoms with Crippen LogP contribution in [-0.4, -0.2) is 5.97 Å². The molecular formula is C14H8F3O2-. The van der Waals surface area contributed by atoms with Gasteiger partial charge in [0.05, 0.1) is 11.5 Å². The molecule has 5 heteroatoms. The SMILES string of the molecule is O=C([O-])c1cc(-c2ccccc2)ccc1C(F)(F)F. The van der Waals surface area contributed by atoms with Crippen molar-refractivity contribution in [3.8, 4) is 11.1 Å². The summed E-state index contributed by atoms with van der Waals surface area (Å²) in [6, 6.07) is 11.5. The van der Waals surface area contributed by atoms with E-state index in [4.69, 9.17) is 0 Å². The number of hydrogen-bond donors (Lipinski definition) is 0. The largest absolute Gasteiger partial charge is 0.545 e. The van der Waals surface area contributed by atoms with Crippen molar-refractivity contribution in [1.82, 2.24) is 0 Å². The van der Waals surface area contributed by atoms with E-state index in [1.54, 1.807) is 30.3 Å². The Morgan fingerprint density at radius 3 is 2.11 bits per heavy atom. The smallest absolute Gasteiger partial charge is 0.417 e. The third-order valence-electron chi connectivity index (χ3n) is 2.65. The molecule has 0 bridgehead atoms. The minimum atomic E-state index is -4.72. The third kappa shape index (κ3) is 2.76. The molecule has 0 aliphatic carbocycles. The molecule has 0 amide bonds. The van der Waals surface area contributed by atoms with E-state index >= 15 is 0 Å². The molecule has 0 saturated heterocycles. The van der Waals surface area contributed by atoms with Crippen molar-refractivity contribution in [3.05, 3.63) is 59.7 Å². The Hall–Kier alpha value is -2.30. The first kappa shape index (κ1) is 13.1. The summed E-state index contributed by atoms with van der Waals surface area (Å²) < 4.78 is 38.0. The topological polar surface area (TPSA) is 40.1 Å². The van der Waals surface area contributed by atoms with Gasteiger partial charge in [-0.15, -0.1) is 0 Å². The van der Waals surface area contributed by atoms with Crippen LogP contribution in [-0.2, 0) is 6.18 Å². The molecule has 0 fully saturated rings. The van der Waals surface area contributed by atoms with E-state index in [2.05, 4.69) is 0 Å². The lowest BCUT2D eigenvalue weighted by Crippen LogP contribution is -2.26. The first-order chi connectivity index (χ1) is 8.89. The quantitative estimate of drug-likeness (QED) is 0.837. The number of rotatable bonds is 2. The fourth-order valence-electron chi connectivity index (χ4n) is 1.77. The number of halogens is 3. The normalized spacial score (nSPS) is 11.3. The highest BCUT2D eigenvalue weighted by atomic mass is 19.4. The molecule has 0 aliphatic heterocycles. The molecule has 0 spiro atoms. The number of alkyl halides is 3. The summed E-state index contributed by atoms with van der Waals surface area (Å²) in [6.07, 6.45) is -4.72. The minimum Gasteiger partial charge on any atom is -0.545 e. The lowest BCUT2D eigenvalue weighted by Gasteiger charge is -2.15. The van der Waals surface area contributed by atoms with Gasteiger partial charge in [0.25, 0.3) is 0 Å². The van der Waals surface area contributed by atoms with E-state index in [-0.39, 0.29) is 0 Å². The van der Waals surface area contributed by atoms with E-state index in [1.165, 1.54) is 6.07 Å². The fourth-order valence-corrected chi connectivity index (χ4v) is 1.77. The predicted octanol–water partition coefficient (Wildman–Crippen LogP) is 2.74. The number of carbonyl (C=O) groups is 1. The second-order valence-electron chi connectivity index (χ2n) is 3.91. The van der Waals surface area contributed by atoms with Crippen molar-refractivity contribution in [2.45, 2.75) is 6.18 Å². The first-order valence-corrected chi connectivity index (χ1v) is 5.37. The Morgan fingerprint density at radius 1 is 0.947 bits per heavy atom. The molecule has 0 N–H and O–H groups in total. The zero-order valence-electron chi connectivity index (χ0n) is 9.57. The Morgan fingerprint density at radius 2 is 1.58 bits per heavy atom. The van der Waals surface area contributed by atoms with Gasteiger partial charge in [0.2, 0.25) is 0 Å². The van der Waals surface area contributed by atoms with Crippen LogP contribution in [0.5, 0.6) is 0 Å². The minimum absolute atomic E-state index is 0.396. The molecule has 2 nitrogen and oxygen atoms in total. The molecule has 0 saturated carbocycles. The van der Waals surface area contributed by atoms with Crippen molar-refractivity contribution < 1.29 is 23.1 Å². The molecular weight excluding hydrogens is 257 g/mol. The van der Waals surface area contributed by atoms with Crippen molar-refractivity contribution in [1.29, 1.82) is 0 Å². The van der Waals surface area contributed by atoms with E-state index in [0.717, 1.165) is 12.1 Å². The van der Waals surface area contributed by atoms with Gasteiger partial charge in [-0.1, -0.05) is 36.4 Å². The Labute approximate surface area is 107 Å². The highest BCUT2D eigenvalue weighted by Gasteiger charge is 2.33. The molecule has 0 heterocycles. The second-order valence-corrected chi connectivity index (χ2v) is 3.91. The average Bonchev–Trinajstić information content (AvgIpc) is 2.38. The summed E-state index contributed by atoms with van der Waals surface area (Å²) in [4.78, 5) is 10.8. The van der Waals surface area contributed by atoms with Crippen molar-refractivity contribution >= 4 is 5.97 Å². The van der Waals surface area contributed by atoms with Crippen LogP contribution in [0.2, 0.25) is 0 Å². The molecule has 98 valence electrons. The standard InChI is InChI=1S/C14H9F3O2/c15-14(16,17)12-7-6-10(8-11(12)13(18)19)9-4-2-1-3-5-9/h1-8H,(H,18,19)/p-1. The summed E-state index contributed by atoms with van der Waals surface area (Å²) in [7, 11) is 0. The summed E-state index contributed by atoms with van der Waals surface area (Å²) >= 11 is 0. The van der Waals surface area contributed by atoms with Crippen LogP contribution < -0.4 is 5.11 Å². The maximum atomic E-state index is 12.7. The Kier molecular flexibility index (Phi) is 3.29. The van der Waals surface area contributed by atoms with Crippen LogP contribution in [0.25, 0.3) is 11.1 Å². The molecule has 0 atom stereocenters. The molecule has 2 rings (SSSR count). The summed E-state index contributed by atoms with van der Waals surface area (Å²) in [6.45, 7) is 0. The van der Waals surface area contributed by atoms with Gasteiger partial charge in [0.15, 0.2) is 0 Å². The zero-order chi connectivity index (χ0) is 14.0. The lowest BCUT2D eigenvalue weighted by atomic mass is 9.99. The molecule has 0 radical (unpaired) electrons. The second kappa shape index (κ2) is 4.76. The van der Waals surface area contributed by atoms with Crippen LogP contribution >= 0.6 is 0 Å².